The molecule has 1 amide bonds. The first-order chi connectivity index (χ1) is 12.0. The molecule has 1 N–H and O–H groups in total. The highest BCUT2D eigenvalue weighted by Crippen LogP contribution is 2.15. The van der Waals surface area contributed by atoms with E-state index >= 15 is 0 Å². The monoisotopic (exact) mass is 358 g/mol. The van der Waals surface area contributed by atoms with Crippen LogP contribution in [0.25, 0.3) is 0 Å². The van der Waals surface area contributed by atoms with Gasteiger partial charge in [0.25, 0.3) is 0 Å². The van der Waals surface area contributed by atoms with Crippen LogP contribution >= 0.6 is 0 Å². The highest BCUT2D eigenvalue weighted by Gasteiger charge is 2.21. The Kier molecular flexibility index (Phi) is 4.85. The van der Waals surface area contributed by atoms with Gasteiger partial charge >= 0.3 is 11.8 Å². The fraction of sp³-hybridized carbons (Fsp3) is 0.125. The van der Waals surface area contributed by atoms with E-state index in [-0.39, 0.29) is 23.2 Å². The number of rotatable bonds is 6. The van der Waals surface area contributed by atoms with Gasteiger partial charge in [-0.2, -0.15) is 0 Å². The zero-order valence-electron chi connectivity index (χ0n) is 13.0. The van der Waals surface area contributed by atoms with Crippen molar-refractivity contribution >= 4 is 15.7 Å². The number of benzene rings is 1. The lowest BCUT2D eigenvalue weighted by Crippen LogP contribution is -2.23. The number of nitrogens with zero attached hydrogens (tertiary/aromatic N) is 3. The van der Waals surface area contributed by atoms with Crippen molar-refractivity contribution in [2.45, 2.75) is 17.2 Å². The van der Waals surface area contributed by atoms with E-state index in [1.165, 1.54) is 12.1 Å². The van der Waals surface area contributed by atoms with E-state index in [4.69, 9.17) is 4.42 Å². The van der Waals surface area contributed by atoms with Gasteiger partial charge in [0.1, 0.15) is 5.75 Å². The Morgan fingerprint density at radius 1 is 1.08 bits per heavy atom. The molecule has 0 aliphatic rings. The predicted octanol–water partition coefficient (Wildman–Crippen LogP) is 1.37. The molecule has 0 fully saturated rings. The molecule has 9 heteroatoms. The van der Waals surface area contributed by atoms with Gasteiger partial charge in [0.2, 0.25) is 5.89 Å². The van der Waals surface area contributed by atoms with Gasteiger partial charge in [-0.3, -0.25) is 9.78 Å². The number of nitrogens with one attached hydrogen (secondary N) is 1. The molecule has 0 bridgehead atoms. The largest absolute Gasteiger partial charge is 0.416 e. The van der Waals surface area contributed by atoms with E-state index in [9.17, 15) is 13.2 Å². The summed E-state index contributed by atoms with van der Waals surface area (Å²) >= 11 is 0. The molecule has 0 saturated heterocycles. The lowest BCUT2D eigenvalue weighted by atomic mass is 10.3. The summed E-state index contributed by atoms with van der Waals surface area (Å²) in [5.41, 5.74) is 0.808. The minimum Gasteiger partial charge on any atom is -0.416 e. The summed E-state index contributed by atoms with van der Waals surface area (Å²) < 4.78 is 29.7. The van der Waals surface area contributed by atoms with Crippen LogP contribution in [0.4, 0.5) is 0 Å². The van der Waals surface area contributed by atoms with Crippen molar-refractivity contribution in [2.75, 3.05) is 0 Å². The summed E-state index contributed by atoms with van der Waals surface area (Å²) in [5, 5.41) is 9.83. The van der Waals surface area contributed by atoms with Crippen LogP contribution in [0, 0.1) is 0 Å². The Hall–Kier alpha value is -3.07. The molecule has 0 radical (unpaired) electrons. The van der Waals surface area contributed by atoms with Gasteiger partial charge in [0.05, 0.1) is 4.90 Å². The summed E-state index contributed by atoms with van der Waals surface area (Å²) in [5.74, 6) is -1.49. The lowest BCUT2D eigenvalue weighted by molar-refractivity contribution is 0.0914. The molecule has 2 aromatic heterocycles. The number of carbonyl (C=O) groups is 1. The first-order valence-corrected chi connectivity index (χ1v) is 8.97. The van der Waals surface area contributed by atoms with Crippen LogP contribution in [0.3, 0.4) is 0 Å². The first-order valence-electron chi connectivity index (χ1n) is 7.32. The molecule has 128 valence electrons. The molecule has 0 saturated carbocycles. The van der Waals surface area contributed by atoms with Crippen LogP contribution < -0.4 is 5.32 Å². The Morgan fingerprint density at radius 2 is 1.88 bits per heavy atom. The molecule has 0 aliphatic heterocycles. The van der Waals surface area contributed by atoms with Gasteiger partial charge in [-0.1, -0.05) is 24.3 Å². The predicted molar refractivity (Wildman–Crippen MR) is 87.0 cm³/mol. The topological polar surface area (TPSA) is 115 Å². The molecule has 2 heterocycles. The van der Waals surface area contributed by atoms with Crippen molar-refractivity contribution in [3.63, 3.8) is 0 Å². The normalized spacial score (nSPS) is 11.2. The number of hydrogen-bond acceptors (Lipinski definition) is 7. The SMILES string of the molecule is O=C(NCc1cccnc1)c1nnc(CS(=O)(=O)c2ccccc2)o1. The molecule has 3 rings (SSSR count). The Balaban J connectivity index is 1.65. The number of carbonyl (C=O) groups excluding carboxylic acids is 1. The number of pyridine rings is 1. The average Bonchev–Trinajstić information content (AvgIpc) is 3.09. The maximum Gasteiger partial charge on any atom is 0.309 e. The average molecular weight is 358 g/mol. The van der Waals surface area contributed by atoms with E-state index in [0.717, 1.165) is 5.56 Å². The van der Waals surface area contributed by atoms with Crippen molar-refractivity contribution < 1.29 is 17.6 Å². The smallest absolute Gasteiger partial charge is 0.309 e. The summed E-state index contributed by atoms with van der Waals surface area (Å²) in [4.78, 5) is 16.1. The van der Waals surface area contributed by atoms with Crippen LogP contribution in [0.15, 0.2) is 64.2 Å². The van der Waals surface area contributed by atoms with Crippen LogP contribution in [-0.4, -0.2) is 29.5 Å². The maximum absolute atomic E-state index is 12.3. The van der Waals surface area contributed by atoms with Crippen LogP contribution in [-0.2, 0) is 22.1 Å². The second-order valence-electron chi connectivity index (χ2n) is 5.12. The third kappa shape index (κ3) is 4.27. The first kappa shape index (κ1) is 16.8. The van der Waals surface area contributed by atoms with Gasteiger partial charge in [0, 0.05) is 18.9 Å². The summed E-state index contributed by atoms with van der Waals surface area (Å²) in [7, 11) is -3.62. The zero-order chi connectivity index (χ0) is 17.7. The third-order valence-electron chi connectivity index (χ3n) is 3.25. The summed E-state index contributed by atoms with van der Waals surface area (Å²) in [6, 6.07) is 11.5. The maximum atomic E-state index is 12.3. The van der Waals surface area contributed by atoms with Gasteiger partial charge in [0.15, 0.2) is 9.84 Å². The van der Waals surface area contributed by atoms with E-state index in [0.29, 0.717) is 0 Å². The third-order valence-corrected chi connectivity index (χ3v) is 4.87. The minimum atomic E-state index is -3.62. The van der Waals surface area contributed by atoms with E-state index in [1.54, 1.807) is 42.7 Å². The van der Waals surface area contributed by atoms with Gasteiger partial charge in [-0.05, 0) is 23.8 Å². The van der Waals surface area contributed by atoms with Crippen molar-refractivity contribution in [3.05, 3.63) is 72.2 Å². The Morgan fingerprint density at radius 3 is 2.60 bits per heavy atom. The number of amides is 1. The van der Waals surface area contributed by atoms with E-state index in [1.807, 2.05) is 0 Å². The van der Waals surface area contributed by atoms with Gasteiger partial charge in [-0.15, -0.1) is 10.2 Å². The Bertz CT molecular complexity index is 956. The molecule has 25 heavy (non-hydrogen) atoms. The van der Waals surface area contributed by atoms with Crippen molar-refractivity contribution in [3.8, 4) is 0 Å². The molecule has 3 aromatic rings. The van der Waals surface area contributed by atoms with Gasteiger partial charge in [-0.25, -0.2) is 8.42 Å². The highest BCUT2D eigenvalue weighted by molar-refractivity contribution is 7.90. The molecular formula is C16H14N4O4S. The second-order valence-corrected chi connectivity index (χ2v) is 7.11. The fourth-order valence-corrected chi connectivity index (χ4v) is 3.22. The molecule has 0 aliphatic carbocycles. The second kappa shape index (κ2) is 7.22. The lowest BCUT2D eigenvalue weighted by Gasteiger charge is -2.02. The summed E-state index contributed by atoms with van der Waals surface area (Å²) in [6.45, 7) is 0.243. The van der Waals surface area contributed by atoms with E-state index in [2.05, 4.69) is 20.5 Å². The van der Waals surface area contributed by atoms with Crippen LogP contribution in [0.1, 0.15) is 22.1 Å². The number of sulfone groups is 1. The number of hydrogen-bond donors (Lipinski definition) is 1. The molecule has 0 atom stereocenters. The fourth-order valence-electron chi connectivity index (χ4n) is 2.04. The van der Waals surface area contributed by atoms with E-state index < -0.39 is 21.5 Å². The van der Waals surface area contributed by atoms with Crippen molar-refractivity contribution in [1.29, 1.82) is 0 Å². The summed E-state index contributed by atoms with van der Waals surface area (Å²) in [6.07, 6.45) is 3.24. The van der Waals surface area contributed by atoms with Gasteiger partial charge < -0.3 is 9.73 Å². The zero-order valence-corrected chi connectivity index (χ0v) is 13.8. The quantitative estimate of drug-likeness (QED) is 0.707. The number of aromatic nitrogens is 3. The van der Waals surface area contributed by atoms with Crippen LogP contribution in [0.2, 0.25) is 0 Å². The molecule has 1 aromatic carbocycles. The van der Waals surface area contributed by atoms with Crippen molar-refractivity contribution in [1.82, 2.24) is 20.5 Å². The minimum absolute atomic E-state index is 0.143. The Labute approximate surface area is 143 Å². The molecule has 0 spiro atoms. The standard InChI is InChI=1S/C16H14N4O4S/c21-15(18-10-12-5-4-8-17-9-12)16-20-19-14(24-16)11-25(22,23)13-6-2-1-3-7-13/h1-9H,10-11H2,(H,18,21). The van der Waals surface area contributed by atoms with Crippen molar-refractivity contribution in [2.24, 2.45) is 0 Å². The molecular weight excluding hydrogens is 344 g/mol. The highest BCUT2D eigenvalue weighted by atomic mass is 32.2. The molecule has 0 unspecified atom stereocenters. The van der Waals surface area contributed by atoms with Crippen LogP contribution in [0.5, 0.6) is 0 Å². The molecule has 8 nitrogen and oxygen atoms in total.